The summed E-state index contributed by atoms with van der Waals surface area (Å²) in [7, 11) is 0. The molecule has 0 spiro atoms. The van der Waals surface area contributed by atoms with Gasteiger partial charge in [0.05, 0.1) is 6.04 Å². The molecule has 1 atom stereocenters. The number of hydrogen-bond donors (Lipinski definition) is 3. The normalized spacial score (nSPS) is 21.9. The predicted octanol–water partition coefficient (Wildman–Crippen LogP) is 5.24. The summed E-state index contributed by atoms with van der Waals surface area (Å²) < 4.78 is 0. The Balaban J connectivity index is 1.12. The highest BCUT2D eigenvalue weighted by atomic mass is 35.5. The van der Waals surface area contributed by atoms with Crippen molar-refractivity contribution in [2.24, 2.45) is 11.7 Å². The van der Waals surface area contributed by atoms with E-state index in [-0.39, 0.29) is 23.8 Å². The zero-order valence-corrected chi connectivity index (χ0v) is 21.8. The third-order valence-electron chi connectivity index (χ3n) is 8.12. The van der Waals surface area contributed by atoms with Crippen LogP contribution in [0.15, 0.2) is 60.8 Å². The van der Waals surface area contributed by atoms with Crippen LogP contribution in [0.2, 0.25) is 5.02 Å². The van der Waals surface area contributed by atoms with Gasteiger partial charge < -0.3 is 20.9 Å². The number of nitrogens with two attached hydrogens (primary N) is 1. The van der Waals surface area contributed by atoms with Crippen LogP contribution >= 0.6 is 11.6 Å². The summed E-state index contributed by atoms with van der Waals surface area (Å²) in [6.07, 6.45) is 11.4. The number of likely N-dealkylation sites (tertiary alicyclic amines) is 1. The van der Waals surface area contributed by atoms with E-state index in [0.717, 1.165) is 44.1 Å². The van der Waals surface area contributed by atoms with Gasteiger partial charge in [0.15, 0.2) is 0 Å². The molecule has 1 aromatic heterocycles. The lowest BCUT2D eigenvalue weighted by Gasteiger charge is -2.38. The lowest BCUT2D eigenvalue weighted by Crippen LogP contribution is -2.54. The van der Waals surface area contributed by atoms with Gasteiger partial charge in [-0.2, -0.15) is 0 Å². The summed E-state index contributed by atoms with van der Waals surface area (Å²) in [5, 5.41) is 5.60. The number of carbonyl (C=O) groups excluding carboxylic acids is 2. The van der Waals surface area contributed by atoms with Crippen molar-refractivity contribution in [2.45, 2.75) is 56.5 Å². The van der Waals surface area contributed by atoms with Crippen LogP contribution in [0.4, 0.5) is 0 Å². The number of aromatic amines is 1. The molecule has 2 aliphatic rings. The highest BCUT2D eigenvalue weighted by Crippen LogP contribution is 2.37. The largest absolute Gasteiger partial charge is 0.368 e. The Morgan fingerprint density at radius 2 is 1.70 bits per heavy atom. The average molecular weight is 519 g/mol. The molecule has 2 fully saturated rings. The SMILES string of the molecule is NC(=O)C(NC1CCC(c2c[nH]c3ccccc23)CC1)C1CCN(C(=O)C=Cc2ccc(Cl)cc2)CC1. The standard InChI is InChI=1S/C30H35ClN4O2/c31-23-10-5-20(6-11-23)7-14-28(36)35-17-15-22(16-18-35)29(30(32)37)34-24-12-8-21(9-13-24)26-19-33-27-4-2-1-3-25(26)27/h1-7,10-11,14,19,21-22,24,29,33-34H,8-9,12-13,15-18H2,(H2,32,37). The summed E-state index contributed by atoms with van der Waals surface area (Å²) in [6, 6.07) is 15.8. The number of halogens is 1. The lowest BCUT2D eigenvalue weighted by atomic mass is 9.80. The van der Waals surface area contributed by atoms with E-state index in [1.165, 1.54) is 16.5 Å². The molecule has 3 aromatic rings. The molecule has 0 radical (unpaired) electrons. The number of H-pyrrole nitrogens is 1. The minimum Gasteiger partial charge on any atom is -0.368 e. The molecule has 4 N–H and O–H groups in total. The first-order valence-electron chi connectivity index (χ1n) is 13.3. The molecule has 1 saturated heterocycles. The van der Waals surface area contributed by atoms with Gasteiger partial charge in [0.1, 0.15) is 0 Å². The molecule has 5 rings (SSSR count). The molecule has 1 unspecified atom stereocenters. The summed E-state index contributed by atoms with van der Waals surface area (Å²) in [4.78, 5) is 30.4. The van der Waals surface area contributed by atoms with E-state index in [2.05, 4.69) is 40.8 Å². The minimum atomic E-state index is -0.350. The van der Waals surface area contributed by atoms with Crippen molar-refractivity contribution in [2.75, 3.05) is 13.1 Å². The van der Waals surface area contributed by atoms with E-state index in [4.69, 9.17) is 17.3 Å². The molecule has 194 valence electrons. The Morgan fingerprint density at radius 3 is 2.41 bits per heavy atom. The number of benzene rings is 2. The summed E-state index contributed by atoms with van der Waals surface area (Å²) in [6.45, 7) is 1.26. The monoisotopic (exact) mass is 518 g/mol. The predicted molar refractivity (Wildman–Crippen MR) is 149 cm³/mol. The van der Waals surface area contributed by atoms with Crippen LogP contribution in [-0.2, 0) is 9.59 Å². The van der Waals surface area contributed by atoms with Gasteiger partial charge in [0.25, 0.3) is 0 Å². The number of primary amides is 1. The maximum absolute atomic E-state index is 12.7. The fourth-order valence-electron chi connectivity index (χ4n) is 6.01. The number of piperidine rings is 1. The number of para-hydroxylation sites is 1. The lowest BCUT2D eigenvalue weighted by molar-refractivity contribution is -0.128. The van der Waals surface area contributed by atoms with Gasteiger partial charge in [-0.25, -0.2) is 0 Å². The van der Waals surface area contributed by atoms with E-state index in [1.54, 1.807) is 6.08 Å². The van der Waals surface area contributed by atoms with E-state index in [1.807, 2.05) is 35.2 Å². The summed E-state index contributed by atoms with van der Waals surface area (Å²) in [5.41, 5.74) is 9.39. The molecular weight excluding hydrogens is 484 g/mol. The second-order valence-corrected chi connectivity index (χ2v) is 10.9. The Hall–Kier alpha value is -3.09. The van der Waals surface area contributed by atoms with Crippen LogP contribution in [0.3, 0.4) is 0 Å². The fourth-order valence-corrected chi connectivity index (χ4v) is 6.13. The van der Waals surface area contributed by atoms with Crippen LogP contribution < -0.4 is 11.1 Å². The molecule has 37 heavy (non-hydrogen) atoms. The van der Waals surface area contributed by atoms with Gasteiger partial charge in [-0.05, 0) is 85.8 Å². The first-order valence-corrected chi connectivity index (χ1v) is 13.7. The van der Waals surface area contributed by atoms with Crippen molar-refractivity contribution in [1.29, 1.82) is 0 Å². The molecule has 1 aliphatic carbocycles. The zero-order valence-electron chi connectivity index (χ0n) is 21.0. The third kappa shape index (κ3) is 6.08. The molecule has 1 aliphatic heterocycles. The number of nitrogens with zero attached hydrogens (tertiary/aromatic N) is 1. The van der Waals surface area contributed by atoms with Gasteiger partial charge in [-0.15, -0.1) is 0 Å². The van der Waals surface area contributed by atoms with Crippen molar-refractivity contribution >= 4 is 40.4 Å². The number of amides is 2. The second-order valence-electron chi connectivity index (χ2n) is 10.4. The first-order chi connectivity index (χ1) is 18.0. The highest BCUT2D eigenvalue weighted by molar-refractivity contribution is 6.30. The Labute approximate surface area is 223 Å². The molecule has 2 amide bonds. The van der Waals surface area contributed by atoms with Crippen molar-refractivity contribution in [1.82, 2.24) is 15.2 Å². The zero-order chi connectivity index (χ0) is 25.8. The van der Waals surface area contributed by atoms with Crippen LogP contribution in [-0.4, -0.2) is 46.9 Å². The maximum atomic E-state index is 12.7. The first kappa shape index (κ1) is 25.6. The highest BCUT2D eigenvalue weighted by Gasteiger charge is 2.34. The number of nitrogens with one attached hydrogen (secondary N) is 2. The van der Waals surface area contributed by atoms with Gasteiger partial charge >= 0.3 is 0 Å². The average Bonchev–Trinajstić information content (AvgIpc) is 3.36. The minimum absolute atomic E-state index is 0.00686. The van der Waals surface area contributed by atoms with Crippen molar-refractivity contribution in [3.05, 3.63) is 77.0 Å². The summed E-state index contributed by atoms with van der Waals surface area (Å²) >= 11 is 5.93. The number of fused-ring (bicyclic) bond motifs is 1. The van der Waals surface area contributed by atoms with Crippen molar-refractivity contribution in [3.63, 3.8) is 0 Å². The molecule has 2 heterocycles. The second kappa shape index (κ2) is 11.5. The molecule has 1 saturated carbocycles. The van der Waals surface area contributed by atoms with Crippen LogP contribution in [0.5, 0.6) is 0 Å². The topological polar surface area (TPSA) is 91.2 Å². The van der Waals surface area contributed by atoms with Gasteiger partial charge in [-0.3, -0.25) is 9.59 Å². The third-order valence-corrected chi connectivity index (χ3v) is 8.37. The Morgan fingerprint density at radius 1 is 1.00 bits per heavy atom. The molecule has 6 nitrogen and oxygen atoms in total. The van der Waals surface area contributed by atoms with Gasteiger partial charge in [-0.1, -0.05) is 41.9 Å². The Kier molecular flexibility index (Phi) is 7.96. The number of hydrogen-bond acceptors (Lipinski definition) is 3. The van der Waals surface area contributed by atoms with E-state index in [0.29, 0.717) is 30.1 Å². The molecule has 2 aromatic carbocycles. The number of aromatic nitrogens is 1. The van der Waals surface area contributed by atoms with Crippen molar-refractivity contribution < 1.29 is 9.59 Å². The van der Waals surface area contributed by atoms with Crippen LogP contribution in [0.1, 0.15) is 55.6 Å². The number of rotatable bonds is 7. The maximum Gasteiger partial charge on any atom is 0.246 e. The van der Waals surface area contributed by atoms with Gasteiger partial charge in [0.2, 0.25) is 11.8 Å². The van der Waals surface area contributed by atoms with E-state index < -0.39 is 0 Å². The quantitative estimate of drug-likeness (QED) is 0.373. The van der Waals surface area contributed by atoms with Crippen molar-refractivity contribution in [3.8, 4) is 0 Å². The van der Waals surface area contributed by atoms with Gasteiger partial charge in [0, 0.05) is 47.3 Å². The molecule has 7 heteroatoms. The van der Waals surface area contributed by atoms with E-state index in [9.17, 15) is 9.59 Å². The molecular formula is C30H35ClN4O2. The van der Waals surface area contributed by atoms with Crippen LogP contribution in [0.25, 0.3) is 17.0 Å². The fraction of sp³-hybridized carbons (Fsp3) is 0.400. The summed E-state index contributed by atoms with van der Waals surface area (Å²) in [5.74, 6) is 0.392. The number of carbonyl (C=O) groups is 2. The molecule has 0 bridgehead atoms. The van der Waals surface area contributed by atoms with E-state index >= 15 is 0 Å². The smallest absolute Gasteiger partial charge is 0.246 e. The Bertz CT molecular complexity index is 1250. The van der Waals surface area contributed by atoms with Crippen LogP contribution in [0, 0.1) is 5.92 Å².